The average molecular weight is 251 g/mol. The van der Waals surface area contributed by atoms with Crippen LogP contribution in [0.15, 0.2) is 23.1 Å². The Balaban J connectivity index is 1.84. The third-order valence-corrected chi connectivity index (χ3v) is 5.60. The van der Waals surface area contributed by atoms with Gasteiger partial charge in [-0.1, -0.05) is 12.1 Å². The molecule has 1 aromatic carbocycles. The maximum Gasteiger partial charge on any atom is 0.178 e. The molecule has 1 fully saturated rings. The summed E-state index contributed by atoms with van der Waals surface area (Å²) in [5.74, 6) is 1.00. The Bertz CT molecular complexity index is 530. The van der Waals surface area contributed by atoms with E-state index in [2.05, 4.69) is 11.4 Å². The third kappa shape index (κ3) is 2.11. The van der Waals surface area contributed by atoms with Crippen LogP contribution < -0.4 is 5.32 Å². The first-order chi connectivity index (χ1) is 8.15. The van der Waals surface area contributed by atoms with Crippen LogP contribution in [-0.2, 0) is 22.7 Å². The Morgan fingerprint density at radius 2 is 2.24 bits per heavy atom. The monoisotopic (exact) mass is 251 g/mol. The van der Waals surface area contributed by atoms with E-state index < -0.39 is 9.84 Å². The summed E-state index contributed by atoms with van der Waals surface area (Å²) in [5.41, 5.74) is 2.31. The molecule has 0 spiro atoms. The van der Waals surface area contributed by atoms with Gasteiger partial charge >= 0.3 is 0 Å². The standard InChI is InChI=1S/C13H17NO2S/c15-17(16)6-4-12-8-10(1-2-13(12)17)7-11-3-5-14-9-11/h1-2,8,11,14H,3-7,9H2. The van der Waals surface area contributed by atoms with E-state index in [1.165, 1.54) is 12.0 Å². The highest BCUT2D eigenvalue weighted by Crippen LogP contribution is 2.27. The molecule has 3 nitrogen and oxygen atoms in total. The lowest BCUT2D eigenvalue weighted by atomic mass is 9.97. The largest absolute Gasteiger partial charge is 0.316 e. The van der Waals surface area contributed by atoms with Crippen LogP contribution in [0.25, 0.3) is 0 Å². The quantitative estimate of drug-likeness (QED) is 0.858. The van der Waals surface area contributed by atoms with Crippen LogP contribution in [-0.4, -0.2) is 27.3 Å². The van der Waals surface area contributed by atoms with Crippen molar-refractivity contribution >= 4 is 9.84 Å². The van der Waals surface area contributed by atoms with Crippen molar-refractivity contribution in [1.29, 1.82) is 0 Å². The molecule has 0 aliphatic carbocycles. The second-order valence-corrected chi connectivity index (χ2v) is 7.15. The topological polar surface area (TPSA) is 46.2 Å². The lowest BCUT2D eigenvalue weighted by molar-refractivity contribution is 0.579. The van der Waals surface area contributed by atoms with Crippen molar-refractivity contribution in [2.75, 3.05) is 18.8 Å². The summed E-state index contributed by atoms with van der Waals surface area (Å²) in [6.45, 7) is 2.21. The van der Waals surface area contributed by atoms with Gasteiger partial charge in [0.05, 0.1) is 10.6 Å². The Morgan fingerprint density at radius 1 is 1.35 bits per heavy atom. The van der Waals surface area contributed by atoms with E-state index in [0.717, 1.165) is 25.1 Å². The van der Waals surface area contributed by atoms with Crippen LogP contribution in [0.3, 0.4) is 0 Å². The second kappa shape index (κ2) is 4.10. The minimum atomic E-state index is -2.96. The summed E-state index contributed by atoms with van der Waals surface area (Å²) >= 11 is 0. The zero-order chi connectivity index (χ0) is 11.9. The van der Waals surface area contributed by atoms with Crippen LogP contribution in [0, 0.1) is 5.92 Å². The molecule has 2 heterocycles. The highest BCUT2D eigenvalue weighted by atomic mass is 32.2. The molecule has 3 rings (SSSR count). The van der Waals surface area contributed by atoms with Crippen molar-refractivity contribution in [3.63, 3.8) is 0 Å². The summed E-state index contributed by atoms with van der Waals surface area (Å²) in [5, 5.41) is 3.36. The first-order valence-electron chi connectivity index (χ1n) is 6.20. The fraction of sp³-hybridized carbons (Fsp3) is 0.538. The van der Waals surface area contributed by atoms with Crippen LogP contribution in [0.4, 0.5) is 0 Å². The number of sulfone groups is 1. The number of nitrogens with one attached hydrogen (secondary N) is 1. The molecule has 0 saturated carbocycles. The number of benzene rings is 1. The van der Waals surface area contributed by atoms with E-state index in [4.69, 9.17) is 0 Å². The number of fused-ring (bicyclic) bond motifs is 1. The number of hydrogen-bond acceptors (Lipinski definition) is 3. The van der Waals surface area contributed by atoms with Gasteiger partial charge in [-0.3, -0.25) is 0 Å². The van der Waals surface area contributed by atoms with E-state index >= 15 is 0 Å². The normalized spacial score (nSPS) is 26.0. The molecule has 1 aromatic rings. The van der Waals surface area contributed by atoms with Crippen molar-refractivity contribution in [1.82, 2.24) is 5.32 Å². The van der Waals surface area contributed by atoms with Crippen molar-refractivity contribution in [3.8, 4) is 0 Å². The van der Waals surface area contributed by atoms with Crippen molar-refractivity contribution in [3.05, 3.63) is 29.3 Å². The second-order valence-electron chi connectivity index (χ2n) is 5.07. The average Bonchev–Trinajstić information content (AvgIpc) is 2.88. The lowest BCUT2D eigenvalue weighted by Crippen LogP contribution is -2.10. The van der Waals surface area contributed by atoms with E-state index in [1.54, 1.807) is 6.07 Å². The SMILES string of the molecule is O=S1(=O)CCc2cc(CC3CCNC3)ccc21. The van der Waals surface area contributed by atoms with Gasteiger partial charge < -0.3 is 5.32 Å². The highest BCUT2D eigenvalue weighted by molar-refractivity contribution is 7.91. The first-order valence-corrected chi connectivity index (χ1v) is 7.86. The van der Waals surface area contributed by atoms with E-state index in [-0.39, 0.29) is 5.75 Å². The molecule has 17 heavy (non-hydrogen) atoms. The molecule has 2 aliphatic rings. The lowest BCUT2D eigenvalue weighted by Gasteiger charge is -2.09. The Labute approximate surface area is 102 Å². The van der Waals surface area contributed by atoms with Crippen molar-refractivity contribution < 1.29 is 8.42 Å². The zero-order valence-corrected chi connectivity index (χ0v) is 10.6. The van der Waals surface area contributed by atoms with E-state index in [9.17, 15) is 8.42 Å². The molecule has 0 amide bonds. The number of aryl methyl sites for hydroxylation is 1. The summed E-state index contributed by atoms with van der Waals surface area (Å²) in [7, 11) is -2.96. The van der Waals surface area contributed by atoms with Gasteiger partial charge in [-0.2, -0.15) is 0 Å². The van der Waals surface area contributed by atoms with E-state index in [1.807, 2.05) is 6.07 Å². The summed E-state index contributed by atoms with van der Waals surface area (Å²) in [6, 6.07) is 5.88. The Morgan fingerprint density at radius 3 is 3.00 bits per heavy atom. The van der Waals surface area contributed by atoms with Gasteiger partial charge in [-0.25, -0.2) is 8.42 Å². The maximum atomic E-state index is 11.7. The summed E-state index contributed by atoms with van der Waals surface area (Å²) < 4.78 is 23.4. The minimum Gasteiger partial charge on any atom is -0.316 e. The molecular formula is C13H17NO2S. The van der Waals surface area contributed by atoms with Gasteiger partial charge in [0.15, 0.2) is 9.84 Å². The van der Waals surface area contributed by atoms with Gasteiger partial charge in [0, 0.05) is 0 Å². The third-order valence-electron chi connectivity index (χ3n) is 3.79. The molecule has 0 bridgehead atoms. The first kappa shape index (κ1) is 11.2. The molecule has 1 atom stereocenters. The van der Waals surface area contributed by atoms with E-state index in [0.29, 0.717) is 17.2 Å². The van der Waals surface area contributed by atoms with Crippen LogP contribution in [0.2, 0.25) is 0 Å². The predicted octanol–water partition coefficient (Wildman–Crippen LogP) is 1.17. The molecular weight excluding hydrogens is 234 g/mol. The molecule has 4 heteroatoms. The Kier molecular flexibility index (Phi) is 2.71. The summed E-state index contributed by atoms with van der Waals surface area (Å²) in [6.07, 6.45) is 2.99. The molecule has 2 aliphatic heterocycles. The molecule has 1 saturated heterocycles. The van der Waals surface area contributed by atoms with Gasteiger partial charge in [0.1, 0.15) is 0 Å². The van der Waals surface area contributed by atoms with Gasteiger partial charge in [0.2, 0.25) is 0 Å². The fourth-order valence-corrected chi connectivity index (χ4v) is 4.38. The summed E-state index contributed by atoms with van der Waals surface area (Å²) in [4.78, 5) is 0.561. The molecule has 0 radical (unpaired) electrons. The maximum absolute atomic E-state index is 11.7. The zero-order valence-electron chi connectivity index (χ0n) is 9.78. The minimum absolute atomic E-state index is 0.288. The van der Waals surface area contributed by atoms with Crippen LogP contribution in [0.1, 0.15) is 17.5 Å². The fourth-order valence-electron chi connectivity index (χ4n) is 2.83. The van der Waals surface area contributed by atoms with Gasteiger partial charge in [0.25, 0.3) is 0 Å². The van der Waals surface area contributed by atoms with Crippen LogP contribution >= 0.6 is 0 Å². The molecule has 1 unspecified atom stereocenters. The molecule has 1 N–H and O–H groups in total. The van der Waals surface area contributed by atoms with Crippen molar-refractivity contribution in [2.24, 2.45) is 5.92 Å². The highest BCUT2D eigenvalue weighted by Gasteiger charge is 2.26. The molecule has 0 aromatic heterocycles. The van der Waals surface area contributed by atoms with Gasteiger partial charge in [-0.15, -0.1) is 0 Å². The molecule has 92 valence electrons. The van der Waals surface area contributed by atoms with Crippen molar-refractivity contribution in [2.45, 2.75) is 24.2 Å². The van der Waals surface area contributed by atoms with Gasteiger partial charge in [-0.05, 0) is 55.5 Å². The van der Waals surface area contributed by atoms with Crippen LogP contribution in [0.5, 0.6) is 0 Å². The Hall–Kier alpha value is -0.870. The number of hydrogen-bond donors (Lipinski definition) is 1. The predicted molar refractivity (Wildman–Crippen MR) is 66.9 cm³/mol. The number of rotatable bonds is 2. The smallest absolute Gasteiger partial charge is 0.178 e.